The maximum absolute atomic E-state index is 11.8. The molecular weight excluding hydrogens is 358 g/mol. The van der Waals surface area contributed by atoms with Crippen molar-refractivity contribution in [3.8, 4) is 33.9 Å². The molecule has 3 aromatic carbocycles. The Morgan fingerprint density at radius 2 is 1.41 bits per heavy atom. The number of nitrogens with one attached hydrogen (secondary N) is 2. The zero-order valence-corrected chi connectivity index (χ0v) is 16.1. The molecule has 0 fully saturated rings. The predicted molar refractivity (Wildman–Crippen MR) is 118 cm³/mol. The summed E-state index contributed by atoms with van der Waals surface area (Å²) in [7, 11) is 0. The van der Waals surface area contributed by atoms with Gasteiger partial charge in [-0.25, -0.2) is 4.98 Å². The number of imidazole rings is 1. The number of carbonyl (C=O) groups excluding carboxylic acids is 1. The standard InChI is InChI=1S/C25H21N3O/c1-17(2)25(29)26-21-15-13-20(14-16-21)24-27-22(18-9-5-3-6-10-18)23(28-24)19-11-7-4-8-12-19/h3-16H,1H2,2H3,(H,26,29)(H,27,28). The molecule has 4 aromatic rings. The van der Waals surface area contributed by atoms with Crippen molar-refractivity contribution < 1.29 is 4.79 Å². The summed E-state index contributed by atoms with van der Waals surface area (Å²) in [6.07, 6.45) is 0. The van der Waals surface area contributed by atoms with Gasteiger partial charge in [-0.1, -0.05) is 67.2 Å². The third-order valence-corrected chi connectivity index (χ3v) is 4.62. The molecule has 0 aliphatic rings. The average Bonchev–Trinajstić information content (AvgIpc) is 3.21. The molecule has 0 saturated carbocycles. The van der Waals surface area contributed by atoms with E-state index in [1.54, 1.807) is 6.92 Å². The first kappa shape index (κ1) is 18.4. The monoisotopic (exact) mass is 379 g/mol. The Bertz CT molecular complexity index is 1090. The minimum absolute atomic E-state index is 0.187. The van der Waals surface area contributed by atoms with E-state index >= 15 is 0 Å². The Morgan fingerprint density at radius 3 is 2.00 bits per heavy atom. The Hall–Kier alpha value is -3.92. The fourth-order valence-electron chi connectivity index (χ4n) is 3.08. The van der Waals surface area contributed by atoms with Crippen molar-refractivity contribution in [2.75, 3.05) is 5.32 Å². The van der Waals surface area contributed by atoms with E-state index in [1.807, 2.05) is 60.7 Å². The normalized spacial score (nSPS) is 10.5. The van der Waals surface area contributed by atoms with Crippen LogP contribution in [0.2, 0.25) is 0 Å². The lowest BCUT2D eigenvalue weighted by atomic mass is 10.1. The highest BCUT2D eigenvalue weighted by molar-refractivity contribution is 6.02. The minimum atomic E-state index is -0.187. The van der Waals surface area contributed by atoms with E-state index in [9.17, 15) is 4.79 Å². The zero-order chi connectivity index (χ0) is 20.2. The molecular formula is C25H21N3O. The fraction of sp³-hybridized carbons (Fsp3) is 0.0400. The van der Waals surface area contributed by atoms with Gasteiger partial charge in [0.15, 0.2) is 0 Å². The van der Waals surface area contributed by atoms with Gasteiger partial charge in [-0.15, -0.1) is 0 Å². The third-order valence-electron chi connectivity index (χ3n) is 4.62. The summed E-state index contributed by atoms with van der Waals surface area (Å²) in [4.78, 5) is 20.2. The summed E-state index contributed by atoms with van der Waals surface area (Å²) in [5, 5.41) is 2.82. The quantitative estimate of drug-likeness (QED) is 0.423. The largest absolute Gasteiger partial charge is 0.337 e. The van der Waals surface area contributed by atoms with Crippen LogP contribution in [0.25, 0.3) is 33.9 Å². The first-order valence-electron chi connectivity index (χ1n) is 9.40. The molecule has 1 heterocycles. The molecule has 0 atom stereocenters. The van der Waals surface area contributed by atoms with Gasteiger partial charge < -0.3 is 10.3 Å². The molecule has 0 bridgehead atoms. The molecule has 1 aromatic heterocycles. The van der Waals surface area contributed by atoms with E-state index in [2.05, 4.69) is 41.1 Å². The zero-order valence-electron chi connectivity index (χ0n) is 16.1. The summed E-state index contributed by atoms with van der Waals surface area (Å²) in [6.45, 7) is 5.34. The molecule has 4 heteroatoms. The number of benzene rings is 3. The molecule has 142 valence electrons. The maximum atomic E-state index is 11.8. The molecule has 1 amide bonds. The van der Waals surface area contributed by atoms with Crippen LogP contribution in [0.4, 0.5) is 5.69 Å². The highest BCUT2D eigenvalue weighted by atomic mass is 16.1. The lowest BCUT2D eigenvalue weighted by Gasteiger charge is -2.05. The number of aromatic amines is 1. The van der Waals surface area contributed by atoms with Crippen LogP contribution in [0.3, 0.4) is 0 Å². The second kappa shape index (κ2) is 7.98. The number of hydrogen-bond acceptors (Lipinski definition) is 2. The van der Waals surface area contributed by atoms with Gasteiger partial charge in [0.05, 0.1) is 11.4 Å². The first-order chi connectivity index (χ1) is 14.1. The number of H-pyrrole nitrogens is 1. The SMILES string of the molecule is C=C(C)C(=O)Nc1ccc(-c2nc(-c3ccccc3)c(-c3ccccc3)[nH]2)cc1. The van der Waals surface area contributed by atoms with Crippen LogP contribution in [-0.2, 0) is 4.79 Å². The van der Waals surface area contributed by atoms with Crippen molar-refractivity contribution in [3.63, 3.8) is 0 Å². The average molecular weight is 379 g/mol. The number of nitrogens with zero attached hydrogens (tertiary/aromatic N) is 1. The van der Waals surface area contributed by atoms with E-state index in [4.69, 9.17) is 4.98 Å². The summed E-state index contributed by atoms with van der Waals surface area (Å²) in [5.74, 6) is 0.592. The number of carbonyl (C=O) groups is 1. The number of rotatable bonds is 5. The molecule has 0 unspecified atom stereocenters. The number of anilines is 1. The van der Waals surface area contributed by atoms with Crippen LogP contribution >= 0.6 is 0 Å². The van der Waals surface area contributed by atoms with Gasteiger partial charge >= 0.3 is 0 Å². The van der Waals surface area contributed by atoms with Crippen LogP contribution in [0.15, 0.2) is 97.1 Å². The first-order valence-corrected chi connectivity index (χ1v) is 9.40. The smallest absolute Gasteiger partial charge is 0.250 e. The van der Waals surface area contributed by atoms with Crippen LogP contribution in [-0.4, -0.2) is 15.9 Å². The van der Waals surface area contributed by atoms with Gasteiger partial charge in [0.25, 0.3) is 5.91 Å². The molecule has 4 rings (SSSR count). The summed E-state index contributed by atoms with van der Waals surface area (Å²) >= 11 is 0. The van der Waals surface area contributed by atoms with Gasteiger partial charge in [0.2, 0.25) is 0 Å². The van der Waals surface area contributed by atoms with Crippen LogP contribution in [0.1, 0.15) is 6.92 Å². The van der Waals surface area contributed by atoms with E-state index in [0.717, 1.165) is 39.6 Å². The van der Waals surface area contributed by atoms with E-state index in [1.165, 1.54) is 0 Å². The van der Waals surface area contributed by atoms with Crippen molar-refractivity contribution in [3.05, 3.63) is 97.1 Å². The molecule has 0 spiro atoms. The fourth-order valence-corrected chi connectivity index (χ4v) is 3.08. The second-order valence-electron chi connectivity index (χ2n) is 6.85. The summed E-state index contributed by atoms with van der Waals surface area (Å²) in [6, 6.07) is 27.9. The number of hydrogen-bond donors (Lipinski definition) is 2. The predicted octanol–water partition coefficient (Wildman–Crippen LogP) is 5.93. The van der Waals surface area contributed by atoms with Crippen LogP contribution in [0.5, 0.6) is 0 Å². The Balaban J connectivity index is 1.72. The second-order valence-corrected chi connectivity index (χ2v) is 6.85. The van der Waals surface area contributed by atoms with Crippen molar-refractivity contribution in [1.82, 2.24) is 9.97 Å². The molecule has 0 aliphatic carbocycles. The number of amides is 1. The topological polar surface area (TPSA) is 57.8 Å². The highest BCUT2D eigenvalue weighted by Gasteiger charge is 2.15. The van der Waals surface area contributed by atoms with Gasteiger partial charge in [0, 0.05) is 28.0 Å². The van der Waals surface area contributed by atoms with Crippen molar-refractivity contribution in [2.45, 2.75) is 6.92 Å². The molecule has 2 N–H and O–H groups in total. The van der Waals surface area contributed by atoms with Crippen molar-refractivity contribution in [1.29, 1.82) is 0 Å². The van der Waals surface area contributed by atoms with Gasteiger partial charge in [-0.05, 0) is 31.2 Å². The summed E-state index contributed by atoms with van der Waals surface area (Å²) in [5.41, 5.74) is 6.16. The van der Waals surface area contributed by atoms with Crippen molar-refractivity contribution in [2.24, 2.45) is 0 Å². The molecule has 29 heavy (non-hydrogen) atoms. The maximum Gasteiger partial charge on any atom is 0.250 e. The molecule has 4 nitrogen and oxygen atoms in total. The lowest BCUT2D eigenvalue weighted by molar-refractivity contribution is -0.112. The summed E-state index contributed by atoms with van der Waals surface area (Å²) < 4.78 is 0. The van der Waals surface area contributed by atoms with Gasteiger partial charge in [0.1, 0.15) is 5.82 Å². The third kappa shape index (κ3) is 4.01. The van der Waals surface area contributed by atoms with Gasteiger partial charge in [-0.2, -0.15) is 0 Å². The van der Waals surface area contributed by atoms with E-state index < -0.39 is 0 Å². The number of aromatic nitrogens is 2. The Labute approximate surface area is 170 Å². The highest BCUT2D eigenvalue weighted by Crippen LogP contribution is 2.33. The Kier molecular flexibility index (Phi) is 5.08. The molecule has 0 radical (unpaired) electrons. The van der Waals surface area contributed by atoms with E-state index in [-0.39, 0.29) is 5.91 Å². The van der Waals surface area contributed by atoms with Gasteiger partial charge in [-0.3, -0.25) is 4.79 Å². The van der Waals surface area contributed by atoms with E-state index in [0.29, 0.717) is 5.57 Å². The van der Waals surface area contributed by atoms with Crippen LogP contribution < -0.4 is 5.32 Å². The minimum Gasteiger partial charge on any atom is -0.337 e. The molecule has 0 saturated heterocycles. The Morgan fingerprint density at radius 1 is 0.828 bits per heavy atom. The molecule has 0 aliphatic heterocycles. The van der Waals surface area contributed by atoms with Crippen molar-refractivity contribution >= 4 is 11.6 Å². The van der Waals surface area contributed by atoms with Crippen LogP contribution in [0, 0.1) is 0 Å². The lowest BCUT2D eigenvalue weighted by Crippen LogP contribution is -2.11.